The molecule has 0 bridgehead atoms. The van der Waals surface area contributed by atoms with Gasteiger partial charge in [0.2, 0.25) is 5.91 Å². The molecule has 4 nitrogen and oxygen atoms in total. The first-order valence-corrected chi connectivity index (χ1v) is 8.96. The van der Waals surface area contributed by atoms with Gasteiger partial charge in [-0.15, -0.1) is 0 Å². The van der Waals surface area contributed by atoms with Crippen molar-refractivity contribution < 1.29 is 9.59 Å². The Morgan fingerprint density at radius 1 is 0.960 bits per heavy atom. The molecule has 2 amide bonds. The lowest BCUT2D eigenvalue weighted by Gasteiger charge is -2.23. The second-order valence-corrected chi connectivity index (χ2v) is 6.99. The molecule has 128 valence electrons. The number of nitrogens with one attached hydrogen (secondary N) is 1. The molecule has 4 heteroatoms. The lowest BCUT2D eigenvalue weighted by atomic mass is 10.1. The van der Waals surface area contributed by atoms with Crippen molar-refractivity contribution in [1.29, 1.82) is 0 Å². The Kier molecular flexibility index (Phi) is 4.26. The van der Waals surface area contributed by atoms with Gasteiger partial charge >= 0.3 is 0 Å². The Morgan fingerprint density at radius 3 is 2.40 bits per heavy atom. The zero-order chi connectivity index (χ0) is 17.2. The van der Waals surface area contributed by atoms with E-state index in [-0.39, 0.29) is 17.7 Å². The highest BCUT2D eigenvalue weighted by molar-refractivity contribution is 5.98. The van der Waals surface area contributed by atoms with Crippen molar-refractivity contribution in [2.75, 3.05) is 5.32 Å². The second-order valence-electron chi connectivity index (χ2n) is 6.99. The second kappa shape index (κ2) is 6.71. The molecule has 2 saturated carbocycles. The highest BCUT2D eigenvalue weighted by Gasteiger charge is 2.33. The Bertz CT molecular complexity index is 779. The third kappa shape index (κ3) is 3.90. The SMILES string of the molecule is O=C(Nc1cccc(C(=O)N(Cc2ccccc2)C2CC2)c1)C1CC1. The van der Waals surface area contributed by atoms with E-state index in [1.165, 1.54) is 0 Å². The van der Waals surface area contributed by atoms with Crippen molar-refractivity contribution in [2.24, 2.45) is 5.92 Å². The van der Waals surface area contributed by atoms with E-state index >= 15 is 0 Å². The van der Waals surface area contributed by atoms with Crippen LogP contribution >= 0.6 is 0 Å². The predicted octanol–water partition coefficient (Wildman–Crippen LogP) is 3.84. The third-order valence-corrected chi connectivity index (χ3v) is 4.77. The molecule has 1 N–H and O–H groups in total. The Hall–Kier alpha value is -2.62. The van der Waals surface area contributed by atoms with E-state index in [4.69, 9.17) is 0 Å². The fourth-order valence-corrected chi connectivity index (χ4v) is 3.02. The molecule has 2 fully saturated rings. The summed E-state index contributed by atoms with van der Waals surface area (Å²) in [5, 5.41) is 2.92. The molecule has 0 atom stereocenters. The summed E-state index contributed by atoms with van der Waals surface area (Å²) in [4.78, 5) is 26.9. The number of rotatable bonds is 6. The normalized spacial score (nSPS) is 16.3. The van der Waals surface area contributed by atoms with Crippen molar-refractivity contribution in [3.8, 4) is 0 Å². The minimum Gasteiger partial charge on any atom is -0.331 e. The highest BCUT2D eigenvalue weighted by Crippen LogP contribution is 2.31. The van der Waals surface area contributed by atoms with Crippen LogP contribution in [0.3, 0.4) is 0 Å². The van der Waals surface area contributed by atoms with Crippen LogP contribution in [0.15, 0.2) is 54.6 Å². The van der Waals surface area contributed by atoms with E-state index < -0.39 is 0 Å². The molecule has 0 aromatic heterocycles. The number of nitrogens with zero attached hydrogens (tertiary/aromatic N) is 1. The average Bonchev–Trinajstić information content (AvgIpc) is 3.52. The monoisotopic (exact) mass is 334 g/mol. The zero-order valence-corrected chi connectivity index (χ0v) is 14.2. The predicted molar refractivity (Wildman–Crippen MR) is 97.1 cm³/mol. The van der Waals surface area contributed by atoms with Crippen molar-refractivity contribution in [3.05, 3.63) is 65.7 Å². The topological polar surface area (TPSA) is 49.4 Å². The number of hydrogen-bond donors (Lipinski definition) is 1. The van der Waals surface area contributed by atoms with E-state index in [1.54, 1.807) is 6.07 Å². The molecule has 2 aliphatic rings. The number of carbonyl (C=O) groups excluding carboxylic acids is 2. The summed E-state index contributed by atoms with van der Waals surface area (Å²) in [6.07, 6.45) is 4.07. The standard InChI is InChI=1S/C21H22N2O2/c24-20(16-9-10-16)22-18-8-4-7-17(13-18)21(25)23(19-11-12-19)14-15-5-2-1-3-6-15/h1-8,13,16,19H,9-12,14H2,(H,22,24). The van der Waals surface area contributed by atoms with Crippen molar-refractivity contribution in [3.63, 3.8) is 0 Å². The summed E-state index contributed by atoms with van der Waals surface area (Å²) < 4.78 is 0. The number of hydrogen-bond acceptors (Lipinski definition) is 2. The molecule has 2 aromatic rings. The summed E-state index contributed by atoms with van der Waals surface area (Å²) >= 11 is 0. The minimum atomic E-state index is 0.0360. The Morgan fingerprint density at radius 2 is 1.72 bits per heavy atom. The number of anilines is 1. The van der Waals surface area contributed by atoms with Gasteiger partial charge in [-0.25, -0.2) is 0 Å². The Labute approximate surface area is 147 Å². The van der Waals surface area contributed by atoms with Gasteiger partial charge in [-0.3, -0.25) is 9.59 Å². The summed E-state index contributed by atoms with van der Waals surface area (Å²) in [7, 11) is 0. The molecule has 25 heavy (non-hydrogen) atoms. The van der Waals surface area contributed by atoms with Gasteiger partial charge in [-0.05, 0) is 49.4 Å². The maximum atomic E-state index is 13.0. The van der Waals surface area contributed by atoms with Crippen LogP contribution in [-0.4, -0.2) is 22.8 Å². The van der Waals surface area contributed by atoms with Crippen molar-refractivity contribution in [2.45, 2.75) is 38.3 Å². The van der Waals surface area contributed by atoms with E-state index in [0.29, 0.717) is 23.8 Å². The number of carbonyl (C=O) groups is 2. The van der Waals surface area contributed by atoms with Gasteiger partial charge in [0.25, 0.3) is 5.91 Å². The lowest BCUT2D eigenvalue weighted by molar-refractivity contribution is -0.117. The van der Waals surface area contributed by atoms with Crippen molar-refractivity contribution >= 4 is 17.5 Å². The average molecular weight is 334 g/mol. The minimum absolute atomic E-state index is 0.0360. The van der Waals surface area contributed by atoms with Crippen LogP contribution in [0.5, 0.6) is 0 Å². The first kappa shape index (κ1) is 15.9. The van der Waals surface area contributed by atoms with Crippen LogP contribution in [0.2, 0.25) is 0 Å². The van der Waals surface area contributed by atoms with Crippen molar-refractivity contribution in [1.82, 2.24) is 4.90 Å². The van der Waals surface area contributed by atoms with E-state index in [0.717, 1.165) is 31.2 Å². The summed E-state index contributed by atoms with van der Waals surface area (Å²) in [6.45, 7) is 0.628. The molecule has 0 saturated heterocycles. The fraction of sp³-hybridized carbons (Fsp3) is 0.333. The van der Waals surface area contributed by atoms with Gasteiger partial charge in [0.05, 0.1) is 0 Å². The van der Waals surface area contributed by atoms with Gasteiger partial charge in [0.15, 0.2) is 0 Å². The molecule has 2 aliphatic carbocycles. The van der Waals surface area contributed by atoms with E-state index in [1.807, 2.05) is 41.3 Å². The number of amides is 2. The van der Waals surface area contributed by atoms with Gasteiger partial charge in [0.1, 0.15) is 0 Å². The maximum absolute atomic E-state index is 13.0. The smallest absolute Gasteiger partial charge is 0.254 e. The maximum Gasteiger partial charge on any atom is 0.254 e. The summed E-state index contributed by atoms with van der Waals surface area (Å²) in [5.74, 6) is 0.252. The molecule has 0 radical (unpaired) electrons. The molecule has 4 rings (SSSR count). The quantitative estimate of drug-likeness (QED) is 0.872. The molecule has 0 heterocycles. The number of benzene rings is 2. The lowest BCUT2D eigenvalue weighted by Crippen LogP contribution is -2.32. The molecule has 0 unspecified atom stereocenters. The first-order chi connectivity index (χ1) is 12.2. The van der Waals surface area contributed by atoms with Gasteiger partial charge in [0, 0.05) is 29.8 Å². The van der Waals surface area contributed by atoms with Gasteiger partial charge in [-0.2, -0.15) is 0 Å². The molecule has 0 spiro atoms. The Balaban J connectivity index is 1.50. The van der Waals surface area contributed by atoms with Crippen LogP contribution in [-0.2, 0) is 11.3 Å². The third-order valence-electron chi connectivity index (χ3n) is 4.77. The first-order valence-electron chi connectivity index (χ1n) is 8.96. The van der Waals surface area contributed by atoms with Crippen LogP contribution in [0.1, 0.15) is 41.6 Å². The highest BCUT2D eigenvalue weighted by atomic mass is 16.2. The largest absolute Gasteiger partial charge is 0.331 e. The van der Waals surface area contributed by atoms with Gasteiger partial charge in [-0.1, -0.05) is 36.4 Å². The molecule has 2 aromatic carbocycles. The van der Waals surface area contributed by atoms with E-state index in [9.17, 15) is 9.59 Å². The van der Waals surface area contributed by atoms with Gasteiger partial charge < -0.3 is 10.2 Å². The van der Waals surface area contributed by atoms with Crippen LogP contribution in [0.25, 0.3) is 0 Å². The summed E-state index contributed by atoms with van der Waals surface area (Å²) in [6, 6.07) is 17.7. The molecule has 0 aliphatic heterocycles. The molecular formula is C21H22N2O2. The fourth-order valence-electron chi connectivity index (χ4n) is 3.02. The zero-order valence-electron chi connectivity index (χ0n) is 14.2. The van der Waals surface area contributed by atoms with Crippen LogP contribution in [0.4, 0.5) is 5.69 Å². The van der Waals surface area contributed by atoms with Crippen LogP contribution < -0.4 is 5.32 Å². The van der Waals surface area contributed by atoms with E-state index in [2.05, 4.69) is 17.4 Å². The van der Waals surface area contributed by atoms with Crippen LogP contribution in [0, 0.1) is 5.92 Å². The summed E-state index contributed by atoms with van der Waals surface area (Å²) in [5.41, 5.74) is 2.48. The molecular weight excluding hydrogens is 312 g/mol.